The van der Waals surface area contributed by atoms with Crippen molar-refractivity contribution < 1.29 is 4.79 Å². The Balaban J connectivity index is 2.18. The number of rotatable bonds is 6. The third-order valence-corrected chi connectivity index (χ3v) is 3.75. The number of benzene rings is 1. The Kier molecular flexibility index (Phi) is 5.56. The second kappa shape index (κ2) is 7.41. The quantitative estimate of drug-likeness (QED) is 0.853. The van der Waals surface area contributed by atoms with Crippen molar-refractivity contribution in [2.75, 3.05) is 13.1 Å². The minimum absolute atomic E-state index is 0.0227. The van der Waals surface area contributed by atoms with Crippen LogP contribution in [0.4, 0.5) is 0 Å². The third-order valence-electron chi connectivity index (χ3n) is 3.22. The number of amides is 1. The first kappa shape index (κ1) is 15.8. The van der Waals surface area contributed by atoms with E-state index in [1.807, 2.05) is 35.2 Å². The van der Waals surface area contributed by atoms with Gasteiger partial charge in [-0.1, -0.05) is 41.9 Å². The van der Waals surface area contributed by atoms with Crippen LogP contribution in [0.15, 0.2) is 34.8 Å². The average molecular weight is 350 g/mol. The zero-order valence-electron chi connectivity index (χ0n) is 12.4. The molecule has 21 heavy (non-hydrogen) atoms. The molecule has 1 aromatic heterocycles. The Bertz CT molecular complexity index is 586. The van der Waals surface area contributed by atoms with Gasteiger partial charge in [-0.3, -0.25) is 9.89 Å². The highest BCUT2D eigenvalue weighted by Gasteiger charge is 2.17. The fraction of sp³-hybridized carbons (Fsp3) is 0.375. The fourth-order valence-corrected chi connectivity index (χ4v) is 2.49. The van der Waals surface area contributed by atoms with E-state index in [9.17, 15) is 4.79 Å². The molecule has 0 saturated heterocycles. The van der Waals surface area contributed by atoms with Gasteiger partial charge in [-0.25, -0.2) is 0 Å². The minimum Gasteiger partial charge on any atom is -0.337 e. The smallest absolute Gasteiger partial charge is 0.271 e. The van der Waals surface area contributed by atoms with Crippen LogP contribution in [-0.4, -0.2) is 34.1 Å². The van der Waals surface area contributed by atoms with Crippen LogP contribution in [0.1, 0.15) is 37.2 Å². The number of aromatic amines is 1. The molecule has 0 bridgehead atoms. The average Bonchev–Trinajstić information content (AvgIpc) is 2.97. The molecule has 1 amide bonds. The monoisotopic (exact) mass is 349 g/mol. The molecule has 2 aromatic rings. The Labute approximate surface area is 133 Å². The van der Waals surface area contributed by atoms with Gasteiger partial charge in [0, 0.05) is 23.1 Å². The van der Waals surface area contributed by atoms with Crippen molar-refractivity contribution in [3.63, 3.8) is 0 Å². The summed E-state index contributed by atoms with van der Waals surface area (Å²) in [6, 6.07) is 9.70. The van der Waals surface area contributed by atoms with Crippen LogP contribution in [0, 0.1) is 0 Å². The van der Waals surface area contributed by atoms with Gasteiger partial charge >= 0.3 is 0 Å². The Morgan fingerprint density at radius 3 is 2.38 bits per heavy atom. The number of nitrogens with zero attached hydrogens (tertiary/aromatic N) is 2. The highest BCUT2D eigenvalue weighted by molar-refractivity contribution is 9.10. The Hall–Kier alpha value is -1.62. The second-order valence-electron chi connectivity index (χ2n) is 4.97. The van der Waals surface area contributed by atoms with Crippen LogP contribution >= 0.6 is 15.9 Å². The van der Waals surface area contributed by atoms with Crippen LogP contribution in [0.2, 0.25) is 0 Å². The number of carbonyl (C=O) groups is 1. The van der Waals surface area contributed by atoms with E-state index >= 15 is 0 Å². The topological polar surface area (TPSA) is 49.0 Å². The molecule has 0 atom stereocenters. The molecule has 0 spiro atoms. The molecule has 0 aliphatic carbocycles. The van der Waals surface area contributed by atoms with E-state index in [1.165, 1.54) is 0 Å². The molecule has 2 rings (SSSR count). The van der Waals surface area contributed by atoms with Gasteiger partial charge in [0.1, 0.15) is 5.69 Å². The van der Waals surface area contributed by atoms with Gasteiger partial charge in [-0.05, 0) is 31.0 Å². The highest BCUT2D eigenvalue weighted by atomic mass is 79.9. The summed E-state index contributed by atoms with van der Waals surface area (Å²) in [5, 5.41) is 7.12. The summed E-state index contributed by atoms with van der Waals surface area (Å²) >= 11 is 3.41. The molecule has 5 heteroatoms. The number of hydrogen-bond donors (Lipinski definition) is 1. The maximum Gasteiger partial charge on any atom is 0.271 e. The van der Waals surface area contributed by atoms with Crippen molar-refractivity contribution in [1.82, 2.24) is 15.1 Å². The SMILES string of the molecule is CCCN(CCC)C(=O)c1cc(-c2ccc(Br)cc2)n[nH]1. The lowest BCUT2D eigenvalue weighted by molar-refractivity contribution is 0.0749. The Morgan fingerprint density at radius 1 is 1.19 bits per heavy atom. The zero-order valence-corrected chi connectivity index (χ0v) is 14.0. The largest absolute Gasteiger partial charge is 0.337 e. The van der Waals surface area contributed by atoms with Crippen molar-refractivity contribution in [2.45, 2.75) is 26.7 Å². The van der Waals surface area contributed by atoms with Crippen molar-refractivity contribution in [2.24, 2.45) is 0 Å². The van der Waals surface area contributed by atoms with E-state index in [1.54, 1.807) is 0 Å². The summed E-state index contributed by atoms with van der Waals surface area (Å²) in [5.41, 5.74) is 2.33. The molecule has 112 valence electrons. The number of carbonyl (C=O) groups excluding carboxylic acids is 1. The first-order valence-corrected chi connectivity index (χ1v) is 8.05. The van der Waals surface area contributed by atoms with E-state index in [0.717, 1.165) is 41.7 Å². The molecular weight excluding hydrogens is 330 g/mol. The summed E-state index contributed by atoms with van der Waals surface area (Å²) in [6.07, 6.45) is 1.92. The van der Waals surface area contributed by atoms with Crippen LogP contribution in [0.3, 0.4) is 0 Å². The predicted molar refractivity (Wildman–Crippen MR) is 88.2 cm³/mol. The van der Waals surface area contributed by atoms with E-state index < -0.39 is 0 Å². The summed E-state index contributed by atoms with van der Waals surface area (Å²) in [5.74, 6) is 0.0227. The lowest BCUT2D eigenvalue weighted by atomic mass is 10.1. The van der Waals surface area contributed by atoms with Crippen molar-refractivity contribution in [3.05, 3.63) is 40.5 Å². The molecule has 0 aliphatic rings. The maximum absolute atomic E-state index is 12.5. The van der Waals surface area contributed by atoms with E-state index in [2.05, 4.69) is 40.0 Å². The van der Waals surface area contributed by atoms with Gasteiger partial charge in [-0.2, -0.15) is 5.10 Å². The van der Waals surface area contributed by atoms with Crippen molar-refractivity contribution in [3.8, 4) is 11.3 Å². The number of hydrogen-bond acceptors (Lipinski definition) is 2. The molecule has 1 heterocycles. The second-order valence-corrected chi connectivity index (χ2v) is 5.88. The molecule has 1 N–H and O–H groups in total. The summed E-state index contributed by atoms with van der Waals surface area (Å²) in [6.45, 7) is 5.71. The predicted octanol–water partition coefficient (Wildman–Crippen LogP) is 4.10. The van der Waals surface area contributed by atoms with Gasteiger partial charge in [0.2, 0.25) is 0 Å². The van der Waals surface area contributed by atoms with Crippen LogP contribution in [-0.2, 0) is 0 Å². The summed E-state index contributed by atoms with van der Waals surface area (Å²) in [4.78, 5) is 14.3. The Morgan fingerprint density at radius 2 is 1.81 bits per heavy atom. The van der Waals surface area contributed by atoms with Crippen molar-refractivity contribution in [1.29, 1.82) is 0 Å². The van der Waals surface area contributed by atoms with Crippen LogP contribution < -0.4 is 0 Å². The number of halogens is 1. The van der Waals surface area contributed by atoms with Crippen LogP contribution in [0.5, 0.6) is 0 Å². The summed E-state index contributed by atoms with van der Waals surface area (Å²) in [7, 11) is 0. The third kappa shape index (κ3) is 3.94. The van der Waals surface area contributed by atoms with Gasteiger partial charge in [0.15, 0.2) is 0 Å². The summed E-state index contributed by atoms with van der Waals surface area (Å²) < 4.78 is 1.02. The number of H-pyrrole nitrogens is 1. The highest BCUT2D eigenvalue weighted by Crippen LogP contribution is 2.21. The molecule has 0 unspecified atom stereocenters. The van der Waals surface area contributed by atoms with Gasteiger partial charge in [0.05, 0.1) is 5.69 Å². The first-order valence-electron chi connectivity index (χ1n) is 7.26. The van der Waals surface area contributed by atoms with Gasteiger partial charge < -0.3 is 4.90 Å². The van der Waals surface area contributed by atoms with E-state index in [0.29, 0.717) is 5.69 Å². The molecule has 4 nitrogen and oxygen atoms in total. The molecule has 0 radical (unpaired) electrons. The maximum atomic E-state index is 12.5. The van der Waals surface area contributed by atoms with E-state index in [-0.39, 0.29) is 5.91 Å². The van der Waals surface area contributed by atoms with Crippen LogP contribution in [0.25, 0.3) is 11.3 Å². The van der Waals surface area contributed by atoms with Gasteiger partial charge in [0.25, 0.3) is 5.91 Å². The number of nitrogens with one attached hydrogen (secondary N) is 1. The zero-order chi connectivity index (χ0) is 15.2. The van der Waals surface area contributed by atoms with Crippen molar-refractivity contribution >= 4 is 21.8 Å². The molecule has 0 aliphatic heterocycles. The standard InChI is InChI=1S/C16H20BrN3O/c1-3-9-20(10-4-2)16(21)15-11-14(18-19-15)12-5-7-13(17)8-6-12/h5-8,11H,3-4,9-10H2,1-2H3,(H,18,19). The lowest BCUT2D eigenvalue weighted by Gasteiger charge is -2.20. The van der Waals surface area contributed by atoms with E-state index in [4.69, 9.17) is 0 Å². The first-order chi connectivity index (χ1) is 10.2. The fourth-order valence-electron chi connectivity index (χ4n) is 2.22. The minimum atomic E-state index is 0.0227. The number of aromatic nitrogens is 2. The molecular formula is C16H20BrN3O. The lowest BCUT2D eigenvalue weighted by Crippen LogP contribution is -2.32. The molecule has 1 aromatic carbocycles. The van der Waals surface area contributed by atoms with Gasteiger partial charge in [-0.15, -0.1) is 0 Å². The normalized spacial score (nSPS) is 10.6. The molecule has 0 fully saturated rings. The molecule has 0 saturated carbocycles.